The molecule has 6 heteroatoms. The first kappa shape index (κ1) is 17.0. The topological polar surface area (TPSA) is 19.4 Å². The molecule has 4 rings (SSSR count). The number of fused-ring (bicyclic) bond motifs is 1. The third kappa shape index (κ3) is 3.19. The molecule has 0 aliphatic carbocycles. The van der Waals surface area contributed by atoms with Crippen LogP contribution in [0, 0.1) is 13.8 Å². The van der Waals surface area contributed by atoms with Gasteiger partial charge in [0, 0.05) is 36.9 Å². The molecule has 25 heavy (non-hydrogen) atoms. The van der Waals surface area contributed by atoms with Gasteiger partial charge in [0.25, 0.3) is 0 Å². The largest absolute Gasteiger partial charge is 0.368 e. The van der Waals surface area contributed by atoms with Crippen LogP contribution in [-0.4, -0.2) is 31.2 Å². The van der Waals surface area contributed by atoms with Crippen molar-refractivity contribution < 1.29 is 0 Å². The van der Waals surface area contributed by atoms with Crippen molar-refractivity contribution in [3.05, 3.63) is 51.5 Å². The molecule has 1 aromatic heterocycles. The maximum Gasteiger partial charge on any atom is 0.186 e. The Bertz CT molecular complexity index is 891. The number of anilines is 2. The summed E-state index contributed by atoms with van der Waals surface area (Å²) in [6.45, 7) is 8.04. The Morgan fingerprint density at radius 3 is 2.32 bits per heavy atom. The number of hydrogen-bond donors (Lipinski definition) is 0. The van der Waals surface area contributed by atoms with E-state index in [2.05, 4.69) is 35.8 Å². The number of aryl methyl sites for hydroxylation is 2. The molecule has 0 spiro atoms. The number of nitrogens with zero attached hydrogens (tertiary/aromatic N) is 3. The number of halogens is 2. The predicted molar refractivity (Wildman–Crippen MR) is 110 cm³/mol. The van der Waals surface area contributed by atoms with Crippen molar-refractivity contribution in [3.8, 4) is 0 Å². The van der Waals surface area contributed by atoms with E-state index in [1.807, 2.05) is 18.2 Å². The molecule has 3 nitrogen and oxygen atoms in total. The summed E-state index contributed by atoms with van der Waals surface area (Å²) < 4.78 is 1.09. The lowest BCUT2D eigenvalue weighted by molar-refractivity contribution is 0.651. The zero-order valence-corrected chi connectivity index (χ0v) is 16.5. The van der Waals surface area contributed by atoms with Crippen LogP contribution in [0.25, 0.3) is 10.2 Å². The van der Waals surface area contributed by atoms with E-state index in [0.717, 1.165) is 51.6 Å². The normalized spacial score (nSPS) is 15.2. The summed E-state index contributed by atoms with van der Waals surface area (Å²) in [6.07, 6.45) is 0. The molecule has 1 aliphatic rings. The van der Waals surface area contributed by atoms with Crippen molar-refractivity contribution in [2.75, 3.05) is 36.0 Å². The van der Waals surface area contributed by atoms with E-state index < -0.39 is 0 Å². The van der Waals surface area contributed by atoms with Crippen LogP contribution in [0.4, 0.5) is 10.8 Å². The van der Waals surface area contributed by atoms with Crippen LogP contribution in [0.2, 0.25) is 10.0 Å². The fraction of sp³-hybridized carbons (Fsp3) is 0.316. The van der Waals surface area contributed by atoms with Gasteiger partial charge in [0.1, 0.15) is 0 Å². The van der Waals surface area contributed by atoms with Crippen LogP contribution in [0.5, 0.6) is 0 Å². The van der Waals surface area contributed by atoms with Crippen LogP contribution in [0.3, 0.4) is 0 Å². The van der Waals surface area contributed by atoms with Gasteiger partial charge in [-0.3, -0.25) is 0 Å². The molecule has 2 aromatic carbocycles. The van der Waals surface area contributed by atoms with Crippen molar-refractivity contribution in [2.24, 2.45) is 0 Å². The SMILES string of the molecule is Cc1ccc(Cl)cc1N1CCN(c2nc3c(C)ccc(Cl)c3s2)CC1. The minimum Gasteiger partial charge on any atom is -0.368 e. The van der Waals surface area contributed by atoms with Crippen molar-refractivity contribution in [2.45, 2.75) is 13.8 Å². The van der Waals surface area contributed by atoms with E-state index in [-0.39, 0.29) is 0 Å². The van der Waals surface area contributed by atoms with Gasteiger partial charge in [-0.1, -0.05) is 46.7 Å². The van der Waals surface area contributed by atoms with E-state index in [1.165, 1.54) is 16.8 Å². The van der Waals surface area contributed by atoms with Gasteiger partial charge in [-0.25, -0.2) is 4.98 Å². The number of benzene rings is 2. The number of rotatable bonds is 2. The average molecular weight is 392 g/mol. The third-order valence-corrected chi connectivity index (χ3v) is 6.56. The zero-order chi connectivity index (χ0) is 17.6. The van der Waals surface area contributed by atoms with E-state index in [1.54, 1.807) is 11.3 Å². The van der Waals surface area contributed by atoms with Crippen LogP contribution in [0.1, 0.15) is 11.1 Å². The molecule has 0 saturated carbocycles. The van der Waals surface area contributed by atoms with Gasteiger partial charge in [-0.15, -0.1) is 0 Å². The van der Waals surface area contributed by atoms with Gasteiger partial charge < -0.3 is 9.80 Å². The summed E-state index contributed by atoms with van der Waals surface area (Å²) in [5.41, 5.74) is 4.70. The van der Waals surface area contributed by atoms with Crippen molar-refractivity contribution in [1.29, 1.82) is 0 Å². The number of thiazole rings is 1. The summed E-state index contributed by atoms with van der Waals surface area (Å²) >= 11 is 14.2. The fourth-order valence-electron chi connectivity index (χ4n) is 3.29. The first-order valence-corrected chi connectivity index (χ1v) is 9.92. The zero-order valence-electron chi connectivity index (χ0n) is 14.2. The van der Waals surface area contributed by atoms with Crippen LogP contribution in [0.15, 0.2) is 30.3 Å². The second-order valence-corrected chi connectivity index (χ2v) is 8.26. The first-order chi connectivity index (χ1) is 12.0. The molecule has 0 radical (unpaired) electrons. The Kier molecular flexibility index (Phi) is 4.52. The molecule has 2 heterocycles. The molecule has 130 valence electrons. The van der Waals surface area contributed by atoms with E-state index in [0.29, 0.717) is 0 Å². The van der Waals surface area contributed by atoms with Crippen LogP contribution in [-0.2, 0) is 0 Å². The van der Waals surface area contributed by atoms with Crippen LogP contribution < -0.4 is 9.80 Å². The summed E-state index contributed by atoms with van der Waals surface area (Å²) in [5.74, 6) is 0. The van der Waals surface area contributed by atoms with Gasteiger partial charge in [0.2, 0.25) is 0 Å². The highest BCUT2D eigenvalue weighted by atomic mass is 35.5. The first-order valence-electron chi connectivity index (χ1n) is 8.34. The van der Waals surface area contributed by atoms with Gasteiger partial charge in [0.15, 0.2) is 5.13 Å². The Labute approximate surface area is 161 Å². The highest BCUT2D eigenvalue weighted by Gasteiger charge is 2.22. The van der Waals surface area contributed by atoms with Crippen molar-refractivity contribution in [3.63, 3.8) is 0 Å². The van der Waals surface area contributed by atoms with Gasteiger partial charge in [-0.2, -0.15) is 0 Å². The molecule has 1 fully saturated rings. The monoisotopic (exact) mass is 391 g/mol. The number of hydrogen-bond acceptors (Lipinski definition) is 4. The molecular formula is C19H19Cl2N3S. The van der Waals surface area contributed by atoms with E-state index >= 15 is 0 Å². The molecule has 0 atom stereocenters. The summed E-state index contributed by atoms with van der Waals surface area (Å²) in [7, 11) is 0. The molecule has 0 unspecified atom stereocenters. The van der Waals surface area contributed by atoms with Gasteiger partial charge in [-0.05, 0) is 43.2 Å². The summed E-state index contributed by atoms with van der Waals surface area (Å²) in [5, 5.41) is 2.64. The average Bonchev–Trinajstić information content (AvgIpc) is 3.07. The van der Waals surface area contributed by atoms with Crippen LogP contribution >= 0.6 is 34.5 Å². The fourth-order valence-corrected chi connectivity index (χ4v) is 4.82. The predicted octanol–water partition coefficient (Wildman–Crippen LogP) is 5.55. The Morgan fingerprint density at radius 1 is 0.920 bits per heavy atom. The maximum atomic E-state index is 6.35. The van der Waals surface area contributed by atoms with Gasteiger partial charge in [0.05, 0.1) is 15.2 Å². The quantitative estimate of drug-likeness (QED) is 0.570. The molecule has 0 N–H and O–H groups in total. The third-order valence-electron chi connectivity index (χ3n) is 4.75. The molecule has 1 saturated heterocycles. The lowest BCUT2D eigenvalue weighted by atomic mass is 10.1. The summed E-state index contributed by atoms with van der Waals surface area (Å²) in [4.78, 5) is 9.61. The number of aromatic nitrogens is 1. The highest BCUT2D eigenvalue weighted by Crippen LogP contribution is 2.36. The standard InChI is InChI=1S/C19H19Cl2N3S/c1-12-3-5-14(20)11-16(12)23-7-9-24(10-8-23)19-22-17-13(2)4-6-15(21)18(17)25-19/h3-6,11H,7-10H2,1-2H3. The maximum absolute atomic E-state index is 6.35. The van der Waals surface area contributed by atoms with Crippen molar-refractivity contribution in [1.82, 2.24) is 4.98 Å². The van der Waals surface area contributed by atoms with Crippen molar-refractivity contribution >= 4 is 55.6 Å². The molecule has 3 aromatic rings. The Hall–Kier alpha value is -1.49. The molecule has 1 aliphatic heterocycles. The minimum absolute atomic E-state index is 0.789. The highest BCUT2D eigenvalue weighted by molar-refractivity contribution is 7.22. The Morgan fingerprint density at radius 2 is 1.60 bits per heavy atom. The van der Waals surface area contributed by atoms with Gasteiger partial charge >= 0.3 is 0 Å². The minimum atomic E-state index is 0.789. The lowest BCUT2D eigenvalue weighted by Crippen LogP contribution is -2.46. The Balaban J connectivity index is 1.55. The lowest BCUT2D eigenvalue weighted by Gasteiger charge is -2.36. The summed E-state index contributed by atoms with van der Waals surface area (Å²) in [6, 6.07) is 10.1. The second kappa shape index (κ2) is 6.67. The molecule has 0 amide bonds. The molecular weight excluding hydrogens is 373 g/mol. The molecule has 0 bridgehead atoms. The number of piperazine rings is 1. The van der Waals surface area contributed by atoms with E-state index in [9.17, 15) is 0 Å². The van der Waals surface area contributed by atoms with E-state index in [4.69, 9.17) is 28.2 Å². The second-order valence-electron chi connectivity index (χ2n) is 6.44. The smallest absolute Gasteiger partial charge is 0.186 e.